The molecule has 6 rings (SSSR count). The molecular formula is C26H19F2N9O2. The summed E-state index contributed by atoms with van der Waals surface area (Å²) in [6.07, 6.45) is 4.36. The average molecular weight is 527 g/mol. The van der Waals surface area contributed by atoms with Crippen molar-refractivity contribution in [2.75, 3.05) is 12.4 Å². The van der Waals surface area contributed by atoms with Crippen LogP contribution >= 0.6 is 0 Å². The second-order valence-corrected chi connectivity index (χ2v) is 8.55. The molecule has 2 aromatic carbocycles. The predicted molar refractivity (Wildman–Crippen MR) is 139 cm³/mol. The van der Waals surface area contributed by atoms with Crippen LogP contribution < -0.4 is 15.4 Å². The van der Waals surface area contributed by atoms with Crippen molar-refractivity contribution in [3.63, 3.8) is 0 Å². The zero-order valence-corrected chi connectivity index (χ0v) is 20.5. The molecule has 1 amide bonds. The normalized spacial score (nSPS) is 11.2. The molecule has 0 spiro atoms. The molecule has 0 fully saturated rings. The van der Waals surface area contributed by atoms with Crippen LogP contribution in [0.15, 0.2) is 55.1 Å². The highest BCUT2D eigenvalue weighted by Crippen LogP contribution is 2.35. The average Bonchev–Trinajstić information content (AvgIpc) is 3.58. The molecule has 0 atom stereocenters. The first-order valence-electron chi connectivity index (χ1n) is 11.7. The van der Waals surface area contributed by atoms with Gasteiger partial charge in [0, 0.05) is 48.2 Å². The van der Waals surface area contributed by atoms with Crippen LogP contribution in [0.4, 0.5) is 20.4 Å². The molecule has 0 aliphatic heterocycles. The third-order valence-electron chi connectivity index (χ3n) is 5.98. The van der Waals surface area contributed by atoms with E-state index in [0.717, 1.165) is 29.0 Å². The number of H-pyrrole nitrogens is 2. The van der Waals surface area contributed by atoms with E-state index in [1.807, 2.05) is 18.2 Å². The summed E-state index contributed by atoms with van der Waals surface area (Å²) in [6.45, 7) is 1.68. The number of ether oxygens (including phenoxy) is 1. The molecule has 13 heteroatoms. The summed E-state index contributed by atoms with van der Waals surface area (Å²) in [5, 5.41) is 12.6. The minimum atomic E-state index is -0.802. The molecule has 0 radical (unpaired) electrons. The summed E-state index contributed by atoms with van der Waals surface area (Å²) < 4.78 is 35.5. The second kappa shape index (κ2) is 9.45. The van der Waals surface area contributed by atoms with E-state index in [2.05, 4.69) is 45.8 Å². The van der Waals surface area contributed by atoms with Gasteiger partial charge in [-0.2, -0.15) is 5.10 Å². The van der Waals surface area contributed by atoms with Crippen molar-refractivity contribution in [3.05, 3.63) is 78.0 Å². The highest BCUT2D eigenvalue weighted by molar-refractivity contribution is 6.01. The molecule has 4 N–H and O–H groups in total. The molecule has 0 aliphatic carbocycles. The molecular weight excluding hydrogens is 508 g/mol. The molecule has 0 bridgehead atoms. The maximum Gasteiger partial charge on any atom is 0.260 e. The molecule has 11 nitrogen and oxygen atoms in total. The van der Waals surface area contributed by atoms with Gasteiger partial charge < -0.3 is 20.4 Å². The third-order valence-corrected chi connectivity index (χ3v) is 5.98. The van der Waals surface area contributed by atoms with Crippen molar-refractivity contribution >= 4 is 39.5 Å². The molecule has 0 aliphatic rings. The largest absolute Gasteiger partial charge is 0.435 e. The lowest BCUT2D eigenvalue weighted by molar-refractivity contribution is 0.0960. The molecule has 4 heterocycles. The number of benzene rings is 2. The number of aromatic amines is 2. The highest BCUT2D eigenvalue weighted by atomic mass is 19.1. The van der Waals surface area contributed by atoms with E-state index < -0.39 is 23.3 Å². The predicted octanol–water partition coefficient (Wildman–Crippen LogP) is 4.77. The minimum absolute atomic E-state index is 0.0140. The van der Waals surface area contributed by atoms with Gasteiger partial charge in [0.2, 0.25) is 5.88 Å². The Labute approximate surface area is 218 Å². The maximum absolute atomic E-state index is 15.2. The van der Waals surface area contributed by atoms with Gasteiger partial charge in [0.05, 0.1) is 22.2 Å². The van der Waals surface area contributed by atoms with E-state index >= 15 is 4.39 Å². The molecule has 0 unspecified atom stereocenters. The standard InChI is InChI=1S/C26H19F2N9O2/c1-12-7-14-22(28)19(9-15(27)23(14)34-12)39-26-21(25(38)29-2)24(32-11-33-26)35-20-10-17(36-37-20)13-3-4-16-18(8-13)31-6-5-30-16/h3-11,34H,1-2H3,(H,29,38)(H2,32,33,35,36,37). The Kier molecular flexibility index (Phi) is 5.79. The zero-order chi connectivity index (χ0) is 27.1. The van der Waals surface area contributed by atoms with Gasteiger partial charge in [-0.05, 0) is 25.1 Å². The Balaban J connectivity index is 1.34. The van der Waals surface area contributed by atoms with Crippen LogP contribution in [0.1, 0.15) is 16.1 Å². The van der Waals surface area contributed by atoms with Gasteiger partial charge in [-0.3, -0.25) is 19.9 Å². The highest BCUT2D eigenvalue weighted by Gasteiger charge is 2.24. The van der Waals surface area contributed by atoms with Gasteiger partial charge in [0.1, 0.15) is 11.9 Å². The summed E-state index contributed by atoms with van der Waals surface area (Å²) in [4.78, 5) is 32.3. The third kappa shape index (κ3) is 4.35. The first kappa shape index (κ1) is 23.9. The lowest BCUT2D eigenvalue weighted by atomic mass is 10.1. The maximum atomic E-state index is 15.2. The number of anilines is 2. The fraction of sp³-hybridized carbons (Fsp3) is 0.0769. The first-order chi connectivity index (χ1) is 18.9. The summed E-state index contributed by atoms with van der Waals surface area (Å²) in [5.41, 5.74) is 3.42. The van der Waals surface area contributed by atoms with Crippen molar-refractivity contribution < 1.29 is 18.3 Å². The molecule has 0 saturated heterocycles. The van der Waals surface area contributed by atoms with Crippen molar-refractivity contribution in [2.24, 2.45) is 0 Å². The second-order valence-electron chi connectivity index (χ2n) is 8.55. The lowest BCUT2D eigenvalue weighted by Gasteiger charge is -2.13. The zero-order valence-electron chi connectivity index (χ0n) is 20.5. The van der Waals surface area contributed by atoms with E-state index in [-0.39, 0.29) is 28.2 Å². The monoisotopic (exact) mass is 527 g/mol. The van der Waals surface area contributed by atoms with Crippen molar-refractivity contribution in [1.82, 2.24) is 40.4 Å². The number of fused-ring (bicyclic) bond motifs is 2. The number of rotatable bonds is 6. The fourth-order valence-corrected chi connectivity index (χ4v) is 4.17. The minimum Gasteiger partial charge on any atom is -0.435 e. The van der Waals surface area contributed by atoms with Crippen LogP contribution in [0, 0.1) is 18.6 Å². The number of amides is 1. The van der Waals surface area contributed by atoms with Gasteiger partial charge in [-0.15, -0.1) is 0 Å². The smallest absolute Gasteiger partial charge is 0.260 e. The molecule has 194 valence electrons. The lowest BCUT2D eigenvalue weighted by Crippen LogP contribution is -2.21. The van der Waals surface area contributed by atoms with Crippen molar-refractivity contribution in [1.29, 1.82) is 0 Å². The molecule has 0 saturated carbocycles. The van der Waals surface area contributed by atoms with Crippen LogP contribution in [0.2, 0.25) is 0 Å². The Morgan fingerprint density at radius 2 is 1.82 bits per heavy atom. The van der Waals surface area contributed by atoms with Gasteiger partial charge in [0.25, 0.3) is 5.91 Å². The summed E-state index contributed by atoms with van der Waals surface area (Å²) in [6, 6.07) is 9.65. The Hall–Kier alpha value is -5.46. The van der Waals surface area contributed by atoms with E-state index in [1.165, 1.54) is 13.1 Å². The van der Waals surface area contributed by atoms with Crippen LogP contribution in [0.25, 0.3) is 33.2 Å². The van der Waals surface area contributed by atoms with Crippen LogP contribution in [0.5, 0.6) is 11.6 Å². The van der Waals surface area contributed by atoms with E-state index in [1.54, 1.807) is 25.4 Å². The Bertz CT molecular complexity index is 1880. The van der Waals surface area contributed by atoms with Gasteiger partial charge in [-0.1, -0.05) is 6.07 Å². The van der Waals surface area contributed by atoms with Crippen LogP contribution in [-0.2, 0) is 0 Å². The van der Waals surface area contributed by atoms with Crippen molar-refractivity contribution in [3.8, 4) is 22.9 Å². The Morgan fingerprint density at radius 1 is 1.00 bits per heavy atom. The number of hydrogen-bond donors (Lipinski definition) is 4. The van der Waals surface area contributed by atoms with E-state index in [4.69, 9.17) is 4.74 Å². The number of aromatic nitrogens is 7. The summed E-state index contributed by atoms with van der Waals surface area (Å²) in [5.74, 6) is -2.47. The van der Waals surface area contributed by atoms with Crippen LogP contribution in [0.3, 0.4) is 0 Å². The molecule has 6 aromatic rings. The SMILES string of the molecule is CNC(=O)c1c(Nc2cc(-c3ccc4nccnc4c3)[nH]n2)ncnc1Oc1cc(F)c2[nH]c(C)cc2c1F. The molecule has 4 aromatic heterocycles. The van der Waals surface area contributed by atoms with E-state index in [9.17, 15) is 9.18 Å². The number of nitrogens with zero attached hydrogens (tertiary/aromatic N) is 5. The van der Waals surface area contributed by atoms with Crippen LogP contribution in [-0.4, -0.2) is 48.1 Å². The van der Waals surface area contributed by atoms with E-state index in [0.29, 0.717) is 17.2 Å². The Morgan fingerprint density at radius 3 is 2.64 bits per heavy atom. The fourth-order valence-electron chi connectivity index (χ4n) is 4.17. The quantitative estimate of drug-likeness (QED) is 0.242. The first-order valence-corrected chi connectivity index (χ1v) is 11.7. The van der Waals surface area contributed by atoms with Gasteiger partial charge in [0.15, 0.2) is 29.0 Å². The number of carbonyl (C=O) groups excluding carboxylic acids is 1. The number of carbonyl (C=O) groups is 1. The number of aryl methyl sites for hydroxylation is 1. The number of nitrogens with one attached hydrogen (secondary N) is 4. The van der Waals surface area contributed by atoms with Gasteiger partial charge >= 0.3 is 0 Å². The topological polar surface area (TPSA) is 146 Å². The van der Waals surface area contributed by atoms with Gasteiger partial charge in [-0.25, -0.2) is 18.7 Å². The number of hydrogen-bond acceptors (Lipinski definition) is 8. The molecule has 39 heavy (non-hydrogen) atoms. The van der Waals surface area contributed by atoms with Crippen molar-refractivity contribution in [2.45, 2.75) is 6.92 Å². The number of halogens is 2. The summed E-state index contributed by atoms with van der Waals surface area (Å²) >= 11 is 0. The summed E-state index contributed by atoms with van der Waals surface area (Å²) in [7, 11) is 1.41.